The Labute approximate surface area is 122 Å². The lowest BCUT2D eigenvalue weighted by molar-refractivity contribution is -0.0704. The molecule has 112 valence electrons. The summed E-state index contributed by atoms with van der Waals surface area (Å²) in [5.74, 6) is 0.964. The standard InChI is InChI=1S/C16H26N2O2/c1-12-9-18(10-13(2)20-12)11-14-5-6-15(8-17-3)16(7-14)19-4/h5-7,12-13,17H,8-11H2,1-4H3. The summed E-state index contributed by atoms with van der Waals surface area (Å²) in [5.41, 5.74) is 2.49. The van der Waals surface area contributed by atoms with E-state index < -0.39 is 0 Å². The molecule has 4 nitrogen and oxygen atoms in total. The molecule has 1 aromatic rings. The van der Waals surface area contributed by atoms with Gasteiger partial charge in [0.25, 0.3) is 0 Å². The molecule has 20 heavy (non-hydrogen) atoms. The van der Waals surface area contributed by atoms with Gasteiger partial charge in [0.1, 0.15) is 5.75 Å². The lowest BCUT2D eigenvalue weighted by Gasteiger charge is -2.35. The molecule has 2 atom stereocenters. The van der Waals surface area contributed by atoms with Crippen LogP contribution in [0.5, 0.6) is 5.75 Å². The van der Waals surface area contributed by atoms with E-state index in [0.29, 0.717) is 12.2 Å². The summed E-state index contributed by atoms with van der Waals surface area (Å²) in [7, 11) is 3.68. The van der Waals surface area contributed by atoms with Crippen LogP contribution in [-0.2, 0) is 17.8 Å². The fraction of sp³-hybridized carbons (Fsp3) is 0.625. The molecule has 1 aliphatic heterocycles. The zero-order chi connectivity index (χ0) is 14.5. The molecule has 1 saturated heterocycles. The predicted octanol–water partition coefficient (Wildman–Crippen LogP) is 2.02. The van der Waals surface area contributed by atoms with Crippen LogP contribution in [0, 0.1) is 0 Å². The highest BCUT2D eigenvalue weighted by atomic mass is 16.5. The van der Waals surface area contributed by atoms with Gasteiger partial charge < -0.3 is 14.8 Å². The number of nitrogens with one attached hydrogen (secondary N) is 1. The summed E-state index contributed by atoms with van der Waals surface area (Å²) in [6.07, 6.45) is 0.619. The van der Waals surface area contributed by atoms with Gasteiger partial charge in [-0.15, -0.1) is 0 Å². The number of ether oxygens (including phenoxy) is 2. The fourth-order valence-electron chi connectivity index (χ4n) is 2.90. The molecule has 1 N–H and O–H groups in total. The lowest BCUT2D eigenvalue weighted by Crippen LogP contribution is -2.44. The van der Waals surface area contributed by atoms with Crippen molar-refractivity contribution in [3.05, 3.63) is 29.3 Å². The van der Waals surface area contributed by atoms with E-state index in [0.717, 1.165) is 31.9 Å². The normalized spacial score (nSPS) is 23.8. The van der Waals surface area contributed by atoms with Gasteiger partial charge in [-0.3, -0.25) is 4.90 Å². The first kappa shape index (κ1) is 15.3. The summed E-state index contributed by atoms with van der Waals surface area (Å²) in [6.45, 7) is 8.04. The molecule has 0 aromatic heterocycles. The minimum Gasteiger partial charge on any atom is -0.496 e. The van der Waals surface area contributed by atoms with Gasteiger partial charge in [-0.25, -0.2) is 0 Å². The Kier molecular flexibility index (Phi) is 5.40. The van der Waals surface area contributed by atoms with Crippen molar-refractivity contribution < 1.29 is 9.47 Å². The van der Waals surface area contributed by atoms with E-state index >= 15 is 0 Å². The highest BCUT2D eigenvalue weighted by molar-refractivity contribution is 5.37. The molecular formula is C16H26N2O2. The Morgan fingerprint density at radius 1 is 1.30 bits per heavy atom. The van der Waals surface area contributed by atoms with Crippen LogP contribution in [0.3, 0.4) is 0 Å². The monoisotopic (exact) mass is 278 g/mol. The number of hydrogen-bond acceptors (Lipinski definition) is 4. The summed E-state index contributed by atoms with van der Waals surface area (Å²) in [4.78, 5) is 2.45. The van der Waals surface area contributed by atoms with E-state index in [4.69, 9.17) is 9.47 Å². The number of morpholine rings is 1. The first-order chi connectivity index (χ1) is 9.62. The largest absolute Gasteiger partial charge is 0.496 e. The van der Waals surface area contributed by atoms with E-state index in [1.807, 2.05) is 7.05 Å². The molecule has 2 unspecified atom stereocenters. The third-order valence-electron chi connectivity index (χ3n) is 3.62. The van der Waals surface area contributed by atoms with Gasteiger partial charge >= 0.3 is 0 Å². The average Bonchev–Trinajstić information content (AvgIpc) is 2.39. The van der Waals surface area contributed by atoms with E-state index in [9.17, 15) is 0 Å². The van der Waals surface area contributed by atoms with Crippen LogP contribution in [0.4, 0.5) is 0 Å². The number of benzene rings is 1. The molecule has 0 bridgehead atoms. The highest BCUT2D eigenvalue weighted by Crippen LogP contribution is 2.22. The minimum absolute atomic E-state index is 0.309. The summed E-state index contributed by atoms with van der Waals surface area (Å²) in [5, 5.41) is 3.16. The van der Waals surface area contributed by atoms with E-state index in [1.165, 1.54) is 11.1 Å². The third kappa shape index (κ3) is 3.95. The molecule has 0 aliphatic carbocycles. The molecule has 1 aliphatic rings. The number of hydrogen-bond donors (Lipinski definition) is 1. The van der Waals surface area contributed by atoms with Gasteiger partial charge in [-0.05, 0) is 32.5 Å². The van der Waals surface area contributed by atoms with E-state index in [1.54, 1.807) is 7.11 Å². The SMILES string of the molecule is CNCc1ccc(CN2CC(C)OC(C)C2)cc1OC. The van der Waals surface area contributed by atoms with Crippen LogP contribution in [0.25, 0.3) is 0 Å². The number of methoxy groups -OCH3 is 1. The zero-order valence-corrected chi connectivity index (χ0v) is 13.0. The highest BCUT2D eigenvalue weighted by Gasteiger charge is 2.22. The molecule has 0 spiro atoms. The number of nitrogens with zero attached hydrogens (tertiary/aromatic N) is 1. The van der Waals surface area contributed by atoms with Crippen molar-refractivity contribution in [2.75, 3.05) is 27.2 Å². The van der Waals surface area contributed by atoms with Crippen LogP contribution in [0.1, 0.15) is 25.0 Å². The van der Waals surface area contributed by atoms with Crippen molar-refractivity contribution in [1.82, 2.24) is 10.2 Å². The minimum atomic E-state index is 0.309. The summed E-state index contributed by atoms with van der Waals surface area (Å²) >= 11 is 0. The van der Waals surface area contributed by atoms with Gasteiger partial charge in [0.2, 0.25) is 0 Å². The molecule has 4 heteroatoms. The third-order valence-corrected chi connectivity index (χ3v) is 3.62. The lowest BCUT2D eigenvalue weighted by atomic mass is 10.1. The van der Waals surface area contributed by atoms with Crippen LogP contribution in [-0.4, -0.2) is 44.4 Å². The first-order valence-corrected chi connectivity index (χ1v) is 7.30. The summed E-state index contributed by atoms with van der Waals surface area (Å²) in [6, 6.07) is 6.50. The Balaban J connectivity index is 2.05. The zero-order valence-electron chi connectivity index (χ0n) is 13.0. The summed E-state index contributed by atoms with van der Waals surface area (Å²) < 4.78 is 11.3. The van der Waals surface area contributed by atoms with Crippen LogP contribution >= 0.6 is 0 Å². The molecule has 0 saturated carbocycles. The van der Waals surface area contributed by atoms with Crippen molar-refractivity contribution in [2.45, 2.75) is 39.1 Å². The maximum absolute atomic E-state index is 5.78. The van der Waals surface area contributed by atoms with Gasteiger partial charge in [0.15, 0.2) is 0 Å². The van der Waals surface area contributed by atoms with Gasteiger partial charge in [0, 0.05) is 31.7 Å². The molecule has 0 amide bonds. The second kappa shape index (κ2) is 7.07. The van der Waals surface area contributed by atoms with Crippen molar-refractivity contribution in [3.63, 3.8) is 0 Å². The Hall–Kier alpha value is -1.10. The van der Waals surface area contributed by atoms with Crippen LogP contribution in [0.2, 0.25) is 0 Å². The molecule has 1 aromatic carbocycles. The Morgan fingerprint density at radius 2 is 2.00 bits per heavy atom. The van der Waals surface area contributed by atoms with Crippen molar-refractivity contribution in [3.8, 4) is 5.75 Å². The van der Waals surface area contributed by atoms with Crippen molar-refractivity contribution >= 4 is 0 Å². The van der Waals surface area contributed by atoms with Crippen molar-refractivity contribution in [2.24, 2.45) is 0 Å². The second-order valence-corrected chi connectivity index (χ2v) is 5.63. The predicted molar refractivity (Wildman–Crippen MR) is 81.0 cm³/mol. The maximum atomic E-state index is 5.78. The molecule has 2 rings (SSSR count). The molecule has 0 radical (unpaired) electrons. The maximum Gasteiger partial charge on any atom is 0.123 e. The first-order valence-electron chi connectivity index (χ1n) is 7.30. The van der Waals surface area contributed by atoms with Crippen LogP contribution in [0.15, 0.2) is 18.2 Å². The van der Waals surface area contributed by atoms with Crippen molar-refractivity contribution in [1.29, 1.82) is 0 Å². The average molecular weight is 278 g/mol. The molecule has 1 heterocycles. The van der Waals surface area contributed by atoms with Crippen LogP contribution < -0.4 is 10.1 Å². The molecular weight excluding hydrogens is 252 g/mol. The topological polar surface area (TPSA) is 33.7 Å². The second-order valence-electron chi connectivity index (χ2n) is 5.63. The number of rotatable bonds is 5. The van der Waals surface area contributed by atoms with E-state index in [-0.39, 0.29) is 0 Å². The van der Waals surface area contributed by atoms with Gasteiger partial charge in [-0.2, -0.15) is 0 Å². The Morgan fingerprint density at radius 3 is 2.60 bits per heavy atom. The fourth-order valence-corrected chi connectivity index (χ4v) is 2.90. The Bertz CT molecular complexity index is 426. The van der Waals surface area contributed by atoms with Gasteiger partial charge in [0.05, 0.1) is 19.3 Å². The van der Waals surface area contributed by atoms with Gasteiger partial charge in [-0.1, -0.05) is 12.1 Å². The van der Waals surface area contributed by atoms with E-state index in [2.05, 4.69) is 42.3 Å². The quantitative estimate of drug-likeness (QED) is 0.893. The smallest absolute Gasteiger partial charge is 0.123 e. The molecule has 1 fully saturated rings.